The van der Waals surface area contributed by atoms with Crippen molar-refractivity contribution in [2.75, 3.05) is 7.05 Å². The van der Waals surface area contributed by atoms with Crippen LogP contribution in [0.4, 0.5) is 0 Å². The van der Waals surface area contributed by atoms with Crippen LogP contribution >= 0.6 is 0 Å². The smallest absolute Gasteiger partial charge is 0.242 e. The third-order valence-electron chi connectivity index (χ3n) is 3.73. The third kappa shape index (κ3) is 2.60. The van der Waals surface area contributed by atoms with Crippen LogP contribution in [0.3, 0.4) is 0 Å². The summed E-state index contributed by atoms with van der Waals surface area (Å²) in [6.45, 7) is 2.67. The van der Waals surface area contributed by atoms with Gasteiger partial charge >= 0.3 is 0 Å². The molecular weight excluding hydrogens is 250 g/mol. The number of rotatable bonds is 6. The molecule has 1 aromatic heterocycles. The zero-order valence-electron chi connectivity index (χ0n) is 10.9. The highest BCUT2D eigenvalue weighted by Crippen LogP contribution is 2.36. The normalized spacial score (nSPS) is 18.6. The predicted octanol–water partition coefficient (Wildman–Crippen LogP) is 1.35. The Morgan fingerprint density at radius 3 is 2.67 bits per heavy atom. The van der Waals surface area contributed by atoms with Gasteiger partial charge in [0.1, 0.15) is 0 Å². The van der Waals surface area contributed by atoms with E-state index in [4.69, 9.17) is 0 Å². The van der Waals surface area contributed by atoms with E-state index in [2.05, 4.69) is 15.0 Å². The van der Waals surface area contributed by atoms with Crippen molar-refractivity contribution in [3.63, 3.8) is 0 Å². The van der Waals surface area contributed by atoms with Gasteiger partial charge in [-0.15, -0.1) is 0 Å². The lowest BCUT2D eigenvalue weighted by Crippen LogP contribution is -2.52. The number of aromatic nitrogens is 1. The van der Waals surface area contributed by atoms with Crippen molar-refractivity contribution in [3.8, 4) is 0 Å². The summed E-state index contributed by atoms with van der Waals surface area (Å²) in [5, 5.41) is 2.98. The molecule has 0 aromatic carbocycles. The Labute approximate surface area is 108 Å². The molecule has 0 unspecified atom stereocenters. The molecular formula is C12H21N3O2S. The molecule has 1 aliphatic carbocycles. The summed E-state index contributed by atoms with van der Waals surface area (Å²) in [7, 11) is -1.57. The second kappa shape index (κ2) is 5.03. The number of hydrogen-bond acceptors (Lipinski definition) is 3. The van der Waals surface area contributed by atoms with E-state index in [0.717, 1.165) is 31.4 Å². The Balaban J connectivity index is 2.14. The second-order valence-electron chi connectivity index (χ2n) is 4.98. The van der Waals surface area contributed by atoms with Crippen molar-refractivity contribution < 1.29 is 8.42 Å². The topological polar surface area (TPSA) is 74.0 Å². The first-order valence-electron chi connectivity index (χ1n) is 6.37. The van der Waals surface area contributed by atoms with Gasteiger partial charge in [0.2, 0.25) is 10.0 Å². The molecule has 2 rings (SSSR count). The summed E-state index contributed by atoms with van der Waals surface area (Å²) >= 11 is 0. The van der Waals surface area contributed by atoms with Gasteiger partial charge < -0.3 is 10.3 Å². The largest absolute Gasteiger partial charge is 0.363 e. The second-order valence-corrected chi connectivity index (χ2v) is 6.67. The first kappa shape index (κ1) is 13.6. The number of nitrogens with one attached hydrogen (secondary N) is 3. The van der Waals surface area contributed by atoms with Gasteiger partial charge in [-0.3, -0.25) is 0 Å². The molecule has 0 amide bonds. The summed E-state index contributed by atoms with van der Waals surface area (Å²) in [6, 6.07) is 1.68. The first-order chi connectivity index (χ1) is 8.51. The van der Waals surface area contributed by atoms with Crippen molar-refractivity contribution in [1.29, 1.82) is 0 Å². The van der Waals surface area contributed by atoms with Crippen molar-refractivity contribution in [2.24, 2.45) is 0 Å². The Kier molecular flexibility index (Phi) is 3.79. The molecule has 1 aromatic rings. The van der Waals surface area contributed by atoms with Gasteiger partial charge in [-0.1, -0.05) is 6.92 Å². The number of sulfonamides is 1. The van der Waals surface area contributed by atoms with E-state index in [-0.39, 0.29) is 5.54 Å². The van der Waals surface area contributed by atoms with Crippen molar-refractivity contribution >= 4 is 10.0 Å². The van der Waals surface area contributed by atoms with Crippen LogP contribution in [-0.2, 0) is 16.6 Å². The summed E-state index contributed by atoms with van der Waals surface area (Å²) in [4.78, 5) is 3.30. The van der Waals surface area contributed by atoms with Crippen molar-refractivity contribution in [3.05, 3.63) is 18.0 Å². The average Bonchev–Trinajstić information content (AvgIpc) is 2.73. The maximum Gasteiger partial charge on any atom is 0.242 e. The minimum Gasteiger partial charge on any atom is -0.363 e. The molecule has 0 radical (unpaired) electrons. The Bertz CT molecular complexity index is 498. The van der Waals surface area contributed by atoms with Crippen LogP contribution < -0.4 is 10.0 Å². The quantitative estimate of drug-likeness (QED) is 0.731. The summed E-state index contributed by atoms with van der Waals surface area (Å²) < 4.78 is 27.4. The van der Waals surface area contributed by atoms with Crippen LogP contribution in [0.15, 0.2) is 17.2 Å². The fraction of sp³-hybridized carbons (Fsp3) is 0.667. The average molecular weight is 271 g/mol. The fourth-order valence-electron chi connectivity index (χ4n) is 2.34. The number of aromatic amines is 1. The first-order valence-corrected chi connectivity index (χ1v) is 7.85. The molecule has 18 heavy (non-hydrogen) atoms. The molecule has 0 spiro atoms. The van der Waals surface area contributed by atoms with E-state index in [9.17, 15) is 8.42 Å². The summed E-state index contributed by atoms with van der Waals surface area (Å²) in [6.07, 6.45) is 5.39. The van der Waals surface area contributed by atoms with E-state index < -0.39 is 10.0 Å². The highest BCUT2D eigenvalue weighted by Gasteiger charge is 2.39. The van der Waals surface area contributed by atoms with Crippen LogP contribution in [0, 0.1) is 0 Å². The van der Waals surface area contributed by atoms with E-state index in [0.29, 0.717) is 11.4 Å². The molecule has 0 bridgehead atoms. The Morgan fingerprint density at radius 1 is 1.44 bits per heavy atom. The van der Waals surface area contributed by atoms with Crippen molar-refractivity contribution in [1.82, 2.24) is 15.0 Å². The number of H-pyrrole nitrogens is 1. The van der Waals surface area contributed by atoms with Crippen LogP contribution in [-0.4, -0.2) is 26.0 Å². The van der Waals surface area contributed by atoms with E-state index >= 15 is 0 Å². The molecule has 1 fully saturated rings. The molecule has 1 saturated carbocycles. The standard InChI is InChI=1S/C12H21N3O2S/c1-3-12(5-4-6-12)15-18(16,17)11-7-10(8-13-2)14-9-11/h7,9,13-15H,3-6,8H2,1-2H3. The van der Waals surface area contributed by atoms with E-state index in [1.165, 1.54) is 0 Å². The molecule has 0 atom stereocenters. The van der Waals surface area contributed by atoms with E-state index in [1.807, 2.05) is 14.0 Å². The van der Waals surface area contributed by atoms with Crippen LogP contribution in [0.1, 0.15) is 38.3 Å². The fourth-order valence-corrected chi connectivity index (χ4v) is 3.89. The number of hydrogen-bond donors (Lipinski definition) is 3. The molecule has 5 nitrogen and oxygen atoms in total. The van der Waals surface area contributed by atoms with Gasteiger partial charge in [0.25, 0.3) is 0 Å². The lowest BCUT2D eigenvalue weighted by atomic mass is 9.76. The lowest BCUT2D eigenvalue weighted by Gasteiger charge is -2.41. The van der Waals surface area contributed by atoms with Gasteiger partial charge in [0.05, 0.1) is 4.90 Å². The maximum atomic E-state index is 12.3. The van der Waals surface area contributed by atoms with E-state index in [1.54, 1.807) is 12.3 Å². The monoisotopic (exact) mass is 271 g/mol. The Morgan fingerprint density at radius 2 is 2.17 bits per heavy atom. The predicted molar refractivity (Wildman–Crippen MR) is 70.8 cm³/mol. The zero-order valence-corrected chi connectivity index (χ0v) is 11.7. The molecule has 1 aliphatic rings. The van der Waals surface area contributed by atoms with Gasteiger partial charge in [-0.2, -0.15) is 0 Å². The molecule has 0 aliphatic heterocycles. The Hall–Kier alpha value is -0.850. The van der Waals surface area contributed by atoms with Gasteiger partial charge in [-0.05, 0) is 38.8 Å². The minimum absolute atomic E-state index is 0.209. The SMILES string of the molecule is CCC1(NS(=O)(=O)c2c[nH]c(CNC)c2)CCC1. The van der Waals surface area contributed by atoms with Gasteiger partial charge in [-0.25, -0.2) is 13.1 Å². The molecule has 3 N–H and O–H groups in total. The summed E-state index contributed by atoms with van der Waals surface area (Å²) in [5.41, 5.74) is 0.663. The lowest BCUT2D eigenvalue weighted by molar-refractivity contribution is 0.214. The molecule has 102 valence electrons. The molecule has 1 heterocycles. The molecule has 0 saturated heterocycles. The van der Waals surface area contributed by atoms with Crippen molar-refractivity contribution in [2.45, 2.75) is 49.6 Å². The highest BCUT2D eigenvalue weighted by atomic mass is 32.2. The van der Waals surface area contributed by atoms with Gasteiger partial charge in [0, 0.05) is 24.0 Å². The van der Waals surface area contributed by atoms with Crippen LogP contribution in [0.25, 0.3) is 0 Å². The minimum atomic E-state index is -3.40. The third-order valence-corrected chi connectivity index (χ3v) is 5.29. The van der Waals surface area contributed by atoms with Crippen LogP contribution in [0.2, 0.25) is 0 Å². The maximum absolute atomic E-state index is 12.3. The molecule has 6 heteroatoms. The van der Waals surface area contributed by atoms with Gasteiger partial charge in [0.15, 0.2) is 0 Å². The summed E-state index contributed by atoms with van der Waals surface area (Å²) in [5.74, 6) is 0. The highest BCUT2D eigenvalue weighted by molar-refractivity contribution is 7.89. The zero-order chi connectivity index (χ0) is 13.2. The van der Waals surface area contributed by atoms with Crippen LogP contribution in [0.5, 0.6) is 0 Å².